The van der Waals surface area contributed by atoms with Gasteiger partial charge in [0.05, 0.1) is 0 Å². The highest BCUT2D eigenvalue weighted by atomic mass is 16.1. The fraction of sp³-hybridized carbons (Fsp3) is 0.500. The average molecular weight is 301 g/mol. The van der Waals surface area contributed by atoms with Crippen LogP contribution in [0.25, 0.3) is 10.9 Å². The fourth-order valence-corrected chi connectivity index (χ4v) is 2.85. The minimum atomic E-state index is 0.00726. The van der Waals surface area contributed by atoms with E-state index in [9.17, 15) is 4.79 Å². The molecule has 0 fully saturated rings. The number of nitrogens with zero attached hydrogens (tertiary/aromatic N) is 1. The van der Waals surface area contributed by atoms with E-state index in [1.165, 1.54) is 11.1 Å². The maximum atomic E-state index is 12.2. The minimum absolute atomic E-state index is 0.00726. The molecular weight excluding hydrogens is 274 g/mol. The van der Waals surface area contributed by atoms with Crippen molar-refractivity contribution in [2.45, 2.75) is 34.2 Å². The van der Waals surface area contributed by atoms with Gasteiger partial charge in [-0.05, 0) is 50.2 Å². The van der Waals surface area contributed by atoms with E-state index in [2.05, 4.69) is 42.0 Å². The molecule has 4 nitrogen and oxygen atoms in total. The van der Waals surface area contributed by atoms with E-state index >= 15 is 0 Å². The zero-order valence-corrected chi connectivity index (χ0v) is 14.1. The number of pyridine rings is 1. The van der Waals surface area contributed by atoms with Crippen molar-refractivity contribution in [1.29, 1.82) is 0 Å². The summed E-state index contributed by atoms with van der Waals surface area (Å²) in [7, 11) is 0. The van der Waals surface area contributed by atoms with Gasteiger partial charge in [-0.3, -0.25) is 4.79 Å². The normalized spacial score (nSPS) is 11.5. The summed E-state index contributed by atoms with van der Waals surface area (Å²) >= 11 is 0. The van der Waals surface area contributed by atoms with Crippen molar-refractivity contribution in [2.75, 3.05) is 26.2 Å². The second-order valence-electron chi connectivity index (χ2n) is 5.87. The summed E-state index contributed by atoms with van der Waals surface area (Å²) in [6.45, 7) is 13.1. The van der Waals surface area contributed by atoms with E-state index < -0.39 is 0 Å². The highest BCUT2D eigenvalue weighted by Crippen LogP contribution is 2.18. The molecule has 0 aliphatic carbocycles. The molecule has 0 aliphatic heterocycles. The first-order chi connectivity index (χ1) is 10.5. The molecule has 1 aromatic heterocycles. The van der Waals surface area contributed by atoms with Crippen LogP contribution in [-0.4, -0.2) is 36.1 Å². The summed E-state index contributed by atoms with van der Waals surface area (Å²) in [5, 5.41) is 4.51. The standard InChI is InChI=1S/C18H27N3O/c1-5-21(6-2)8-7-19-12-15-11-16-14(4)9-13(3)10-17(16)20-18(15)22/h9-11,19H,5-8,12H2,1-4H3,(H,20,22). The van der Waals surface area contributed by atoms with Crippen LogP contribution in [0.2, 0.25) is 0 Å². The summed E-state index contributed by atoms with van der Waals surface area (Å²) in [5.41, 5.74) is 4.11. The van der Waals surface area contributed by atoms with Crippen molar-refractivity contribution in [3.05, 3.63) is 45.2 Å². The number of aromatic amines is 1. The first-order valence-corrected chi connectivity index (χ1v) is 8.11. The number of fused-ring (bicyclic) bond motifs is 1. The molecule has 0 amide bonds. The van der Waals surface area contributed by atoms with Crippen LogP contribution in [0.15, 0.2) is 23.0 Å². The summed E-state index contributed by atoms with van der Waals surface area (Å²) < 4.78 is 0. The van der Waals surface area contributed by atoms with Gasteiger partial charge < -0.3 is 15.2 Å². The number of aryl methyl sites for hydroxylation is 2. The molecular formula is C18H27N3O. The Labute approximate surface area is 132 Å². The first-order valence-electron chi connectivity index (χ1n) is 8.11. The third-order valence-corrected chi connectivity index (χ3v) is 4.20. The maximum Gasteiger partial charge on any atom is 0.252 e. The Bertz CT molecular complexity index is 687. The zero-order chi connectivity index (χ0) is 16.1. The lowest BCUT2D eigenvalue weighted by Crippen LogP contribution is -2.32. The Morgan fingerprint density at radius 1 is 1.14 bits per heavy atom. The van der Waals surface area contributed by atoms with Crippen LogP contribution in [0.5, 0.6) is 0 Å². The van der Waals surface area contributed by atoms with Crippen molar-refractivity contribution >= 4 is 10.9 Å². The zero-order valence-electron chi connectivity index (χ0n) is 14.1. The van der Waals surface area contributed by atoms with E-state index in [1.54, 1.807) is 0 Å². The van der Waals surface area contributed by atoms with Gasteiger partial charge in [0.15, 0.2) is 0 Å². The van der Waals surface area contributed by atoms with E-state index in [1.807, 2.05) is 19.1 Å². The lowest BCUT2D eigenvalue weighted by Gasteiger charge is -2.18. The smallest absolute Gasteiger partial charge is 0.252 e. The van der Waals surface area contributed by atoms with Crippen LogP contribution in [0.4, 0.5) is 0 Å². The number of hydrogen-bond acceptors (Lipinski definition) is 3. The number of aromatic nitrogens is 1. The number of H-pyrrole nitrogens is 1. The highest BCUT2D eigenvalue weighted by molar-refractivity contribution is 5.83. The van der Waals surface area contributed by atoms with E-state index in [0.29, 0.717) is 6.54 Å². The Kier molecular flexibility index (Phi) is 5.75. The summed E-state index contributed by atoms with van der Waals surface area (Å²) in [4.78, 5) is 17.6. The van der Waals surface area contributed by atoms with Crippen LogP contribution in [0.1, 0.15) is 30.5 Å². The number of hydrogen-bond donors (Lipinski definition) is 2. The Morgan fingerprint density at radius 3 is 2.55 bits per heavy atom. The predicted octanol–water partition coefficient (Wildman–Crippen LogP) is 2.58. The molecule has 0 aliphatic rings. The second-order valence-corrected chi connectivity index (χ2v) is 5.87. The van der Waals surface area contributed by atoms with Gasteiger partial charge in [0.2, 0.25) is 0 Å². The quantitative estimate of drug-likeness (QED) is 0.773. The SMILES string of the molecule is CCN(CC)CCNCc1cc2c(C)cc(C)cc2[nH]c1=O. The topological polar surface area (TPSA) is 48.1 Å². The molecule has 0 spiro atoms. The number of likely N-dealkylation sites (N-methyl/N-ethyl adjacent to an activating group) is 1. The Balaban J connectivity index is 2.09. The van der Waals surface area contributed by atoms with Gasteiger partial charge in [0.1, 0.15) is 0 Å². The molecule has 0 radical (unpaired) electrons. The predicted molar refractivity (Wildman–Crippen MR) is 93.5 cm³/mol. The number of rotatable bonds is 7. The molecule has 2 rings (SSSR count). The molecule has 120 valence electrons. The van der Waals surface area contributed by atoms with Crippen LogP contribution < -0.4 is 10.9 Å². The molecule has 22 heavy (non-hydrogen) atoms. The highest BCUT2D eigenvalue weighted by Gasteiger charge is 2.06. The number of nitrogens with one attached hydrogen (secondary N) is 2. The van der Waals surface area contributed by atoms with Crippen molar-refractivity contribution in [3.8, 4) is 0 Å². The van der Waals surface area contributed by atoms with Gasteiger partial charge in [0, 0.05) is 36.1 Å². The average Bonchev–Trinajstić information content (AvgIpc) is 2.48. The molecule has 4 heteroatoms. The monoisotopic (exact) mass is 301 g/mol. The molecule has 0 unspecified atom stereocenters. The second kappa shape index (κ2) is 7.56. The van der Waals surface area contributed by atoms with Crippen LogP contribution in [-0.2, 0) is 6.54 Å². The van der Waals surface area contributed by atoms with Gasteiger partial charge in [0.25, 0.3) is 5.56 Å². The molecule has 0 atom stereocenters. The lowest BCUT2D eigenvalue weighted by atomic mass is 10.0. The molecule has 1 heterocycles. The van der Waals surface area contributed by atoms with Gasteiger partial charge in [-0.2, -0.15) is 0 Å². The van der Waals surface area contributed by atoms with Gasteiger partial charge in [-0.15, -0.1) is 0 Å². The summed E-state index contributed by atoms with van der Waals surface area (Å²) in [6, 6.07) is 6.20. The third kappa shape index (κ3) is 3.96. The Hall–Kier alpha value is -1.65. The van der Waals surface area contributed by atoms with Crippen LogP contribution in [0, 0.1) is 13.8 Å². The molecule has 2 aromatic rings. The molecule has 2 N–H and O–H groups in total. The largest absolute Gasteiger partial charge is 0.322 e. The van der Waals surface area contributed by atoms with Crippen LogP contribution in [0.3, 0.4) is 0 Å². The maximum absolute atomic E-state index is 12.2. The summed E-state index contributed by atoms with van der Waals surface area (Å²) in [6.07, 6.45) is 0. The van der Waals surface area contributed by atoms with Crippen molar-refractivity contribution in [2.24, 2.45) is 0 Å². The van der Waals surface area contributed by atoms with E-state index in [4.69, 9.17) is 0 Å². The molecule has 0 saturated carbocycles. The number of benzene rings is 1. The Morgan fingerprint density at radius 2 is 1.86 bits per heavy atom. The lowest BCUT2D eigenvalue weighted by molar-refractivity contribution is 0.302. The molecule has 0 saturated heterocycles. The van der Waals surface area contributed by atoms with E-state index in [0.717, 1.165) is 42.6 Å². The molecule has 1 aromatic carbocycles. The van der Waals surface area contributed by atoms with Crippen molar-refractivity contribution in [3.63, 3.8) is 0 Å². The summed E-state index contributed by atoms with van der Waals surface area (Å²) in [5.74, 6) is 0. The molecule has 0 bridgehead atoms. The van der Waals surface area contributed by atoms with Gasteiger partial charge in [-0.1, -0.05) is 19.9 Å². The van der Waals surface area contributed by atoms with Gasteiger partial charge in [-0.25, -0.2) is 0 Å². The third-order valence-electron chi connectivity index (χ3n) is 4.20. The first kappa shape index (κ1) is 16.7. The van der Waals surface area contributed by atoms with Gasteiger partial charge >= 0.3 is 0 Å². The van der Waals surface area contributed by atoms with Crippen molar-refractivity contribution in [1.82, 2.24) is 15.2 Å². The van der Waals surface area contributed by atoms with Crippen LogP contribution >= 0.6 is 0 Å². The minimum Gasteiger partial charge on any atom is -0.322 e. The fourth-order valence-electron chi connectivity index (χ4n) is 2.85. The van der Waals surface area contributed by atoms with Crippen molar-refractivity contribution < 1.29 is 0 Å². The van der Waals surface area contributed by atoms with E-state index in [-0.39, 0.29) is 5.56 Å².